The van der Waals surface area contributed by atoms with Crippen LogP contribution >= 0.6 is 0 Å². The molecule has 3 rings (SSSR count). The molecule has 0 saturated carbocycles. The van der Waals surface area contributed by atoms with Crippen LogP contribution in [0.4, 0.5) is 11.4 Å². The van der Waals surface area contributed by atoms with Crippen molar-refractivity contribution in [3.05, 3.63) is 59.7 Å². The number of amides is 2. The van der Waals surface area contributed by atoms with E-state index in [1.54, 1.807) is 16.8 Å². The second-order valence-electron chi connectivity index (χ2n) is 6.11. The molecule has 2 aromatic rings. The van der Waals surface area contributed by atoms with Crippen LogP contribution in [0.3, 0.4) is 0 Å². The Hall–Kier alpha value is -2.62. The van der Waals surface area contributed by atoms with Gasteiger partial charge in [0.2, 0.25) is 5.91 Å². The van der Waals surface area contributed by atoms with E-state index < -0.39 is 0 Å². The molecule has 4 nitrogen and oxygen atoms in total. The van der Waals surface area contributed by atoms with Crippen molar-refractivity contribution in [3.8, 4) is 0 Å². The van der Waals surface area contributed by atoms with Crippen LogP contribution in [0.1, 0.15) is 35.7 Å². The fraction of sp³-hybridized carbons (Fsp3) is 0.263. The quantitative estimate of drug-likeness (QED) is 0.853. The first-order valence-corrected chi connectivity index (χ1v) is 7.76. The van der Waals surface area contributed by atoms with Gasteiger partial charge < -0.3 is 4.90 Å². The number of carbonyl (C=O) groups excluding carboxylic acids is 2. The van der Waals surface area contributed by atoms with Crippen molar-refractivity contribution in [1.29, 1.82) is 0 Å². The lowest BCUT2D eigenvalue weighted by Gasteiger charge is -2.34. The first-order valence-electron chi connectivity index (χ1n) is 7.76. The van der Waals surface area contributed by atoms with Gasteiger partial charge in [-0.3, -0.25) is 14.5 Å². The summed E-state index contributed by atoms with van der Waals surface area (Å²) in [5.41, 5.74) is 3.32. The van der Waals surface area contributed by atoms with E-state index in [1.807, 2.05) is 48.5 Å². The standard InChI is InChI=1S/C19H20N2O2/c1-13(2)14-8-10-15(11-9-14)19(23)21-12-18(22)20(3)16-6-4-5-7-17(16)21/h4-11,13H,12H2,1-3H3. The van der Waals surface area contributed by atoms with Crippen molar-refractivity contribution < 1.29 is 9.59 Å². The summed E-state index contributed by atoms with van der Waals surface area (Å²) in [6, 6.07) is 15.1. The molecule has 1 aliphatic heterocycles. The van der Waals surface area contributed by atoms with Gasteiger partial charge in [-0.2, -0.15) is 0 Å². The van der Waals surface area contributed by atoms with Gasteiger partial charge in [0.15, 0.2) is 0 Å². The van der Waals surface area contributed by atoms with E-state index >= 15 is 0 Å². The number of nitrogens with zero attached hydrogens (tertiary/aromatic N) is 2. The molecular weight excluding hydrogens is 288 g/mol. The molecule has 0 N–H and O–H groups in total. The summed E-state index contributed by atoms with van der Waals surface area (Å²) >= 11 is 0. The van der Waals surface area contributed by atoms with Gasteiger partial charge in [-0.1, -0.05) is 38.1 Å². The number of hydrogen-bond acceptors (Lipinski definition) is 2. The summed E-state index contributed by atoms with van der Waals surface area (Å²) < 4.78 is 0. The Kier molecular flexibility index (Phi) is 3.90. The number of rotatable bonds is 2. The summed E-state index contributed by atoms with van der Waals surface area (Å²) in [5, 5.41) is 0. The second-order valence-corrected chi connectivity index (χ2v) is 6.11. The largest absolute Gasteiger partial charge is 0.312 e. The lowest BCUT2D eigenvalue weighted by atomic mass is 10.0. The molecular formula is C19H20N2O2. The molecule has 23 heavy (non-hydrogen) atoms. The summed E-state index contributed by atoms with van der Waals surface area (Å²) in [4.78, 5) is 28.2. The third-order valence-electron chi connectivity index (χ3n) is 4.27. The fourth-order valence-corrected chi connectivity index (χ4v) is 2.78. The van der Waals surface area contributed by atoms with Gasteiger partial charge >= 0.3 is 0 Å². The summed E-state index contributed by atoms with van der Waals surface area (Å²) in [5.74, 6) is 0.190. The zero-order valence-electron chi connectivity index (χ0n) is 13.6. The number of carbonyl (C=O) groups is 2. The van der Waals surface area contributed by atoms with Crippen molar-refractivity contribution >= 4 is 23.2 Å². The molecule has 0 saturated heterocycles. The van der Waals surface area contributed by atoms with Crippen molar-refractivity contribution in [2.24, 2.45) is 0 Å². The topological polar surface area (TPSA) is 40.6 Å². The van der Waals surface area contributed by atoms with Crippen LogP contribution < -0.4 is 9.80 Å². The molecule has 0 fully saturated rings. The van der Waals surface area contributed by atoms with Gasteiger partial charge in [0.25, 0.3) is 5.91 Å². The van der Waals surface area contributed by atoms with Crippen LogP contribution in [0.2, 0.25) is 0 Å². The lowest BCUT2D eigenvalue weighted by Crippen LogP contribution is -2.46. The zero-order valence-corrected chi connectivity index (χ0v) is 13.6. The number of fused-ring (bicyclic) bond motifs is 1. The molecule has 0 unspecified atom stereocenters. The molecule has 0 radical (unpaired) electrons. The van der Waals surface area contributed by atoms with Crippen molar-refractivity contribution in [2.45, 2.75) is 19.8 Å². The monoisotopic (exact) mass is 308 g/mol. The Morgan fingerprint density at radius 3 is 2.22 bits per heavy atom. The van der Waals surface area contributed by atoms with E-state index in [4.69, 9.17) is 0 Å². The molecule has 0 bridgehead atoms. The highest BCUT2D eigenvalue weighted by Gasteiger charge is 2.30. The van der Waals surface area contributed by atoms with Crippen molar-refractivity contribution in [1.82, 2.24) is 0 Å². The third-order valence-corrected chi connectivity index (χ3v) is 4.27. The van der Waals surface area contributed by atoms with E-state index in [2.05, 4.69) is 13.8 Å². The SMILES string of the molecule is CC(C)c1ccc(C(=O)N2CC(=O)N(C)c3ccccc32)cc1. The van der Waals surface area contributed by atoms with Crippen molar-refractivity contribution in [2.75, 3.05) is 23.4 Å². The van der Waals surface area contributed by atoms with Gasteiger partial charge in [0.1, 0.15) is 6.54 Å². The van der Waals surface area contributed by atoms with Crippen LogP contribution in [0.15, 0.2) is 48.5 Å². The van der Waals surface area contributed by atoms with Gasteiger partial charge in [-0.25, -0.2) is 0 Å². The highest BCUT2D eigenvalue weighted by Crippen LogP contribution is 2.33. The fourth-order valence-electron chi connectivity index (χ4n) is 2.78. The van der Waals surface area contributed by atoms with Crippen LogP contribution in [0.5, 0.6) is 0 Å². The number of para-hydroxylation sites is 2. The van der Waals surface area contributed by atoms with Gasteiger partial charge in [0.05, 0.1) is 11.4 Å². The smallest absolute Gasteiger partial charge is 0.258 e. The minimum absolute atomic E-state index is 0.0677. The molecule has 1 heterocycles. The van der Waals surface area contributed by atoms with Crippen LogP contribution in [0, 0.1) is 0 Å². The molecule has 4 heteroatoms. The number of hydrogen-bond donors (Lipinski definition) is 0. The van der Waals surface area contributed by atoms with Crippen LogP contribution in [-0.2, 0) is 4.79 Å². The maximum absolute atomic E-state index is 12.9. The van der Waals surface area contributed by atoms with Crippen LogP contribution in [-0.4, -0.2) is 25.4 Å². The predicted octanol–water partition coefficient (Wildman–Crippen LogP) is 3.43. The maximum atomic E-state index is 12.9. The normalized spacial score (nSPS) is 14.2. The van der Waals surface area contributed by atoms with Crippen LogP contribution in [0.25, 0.3) is 0 Å². The molecule has 1 aliphatic rings. The Labute approximate surface area is 136 Å². The number of likely N-dealkylation sites (N-methyl/N-ethyl adjacent to an activating group) is 1. The van der Waals surface area contributed by atoms with Gasteiger partial charge in [-0.05, 0) is 35.7 Å². The molecule has 0 aliphatic carbocycles. The Morgan fingerprint density at radius 1 is 1.00 bits per heavy atom. The van der Waals surface area contributed by atoms with E-state index in [0.717, 1.165) is 11.4 Å². The summed E-state index contributed by atoms with van der Waals surface area (Å²) in [7, 11) is 1.74. The lowest BCUT2D eigenvalue weighted by molar-refractivity contribution is -0.117. The first kappa shape index (κ1) is 15.3. The maximum Gasteiger partial charge on any atom is 0.258 e. The molecule has 2 aromatic carbocycles. The van der Waals surface area contributed by atoms with E-state index in [1.165, 1.54) is 5.56 Å². The number of anilines is 2. The predicted molar refractivity (Wildman–Crippen MR) is 92.1 cm³/mol. The Morgan fingerprint density at radius 2 is 1.61 bits per heavy atom. The van der Waals surface area contributed by atoms with E-state index in [0.29, 0.717) is 11.5 Å². The molecule has 0 atom stereocenters. The first-order chi connectivity index (χ1) is 11.0. The highest BCUT2D eigenvalue weighted by molar-refractivity contribution is 6.15. The number of benzene rings is 2. The molecule has 118 valence electrons. The van der Waals surface area contributed by atoms with E-state index in [9.17, 15) is 9.59 Å². The summed E-state index contributed by atoms with van der Waals surface area (Å²) in [6.07, 6.45) is 0. The Bertz CT molecular complexity index is 750. The molecule has 2 amide bonds. The van der Waals surface area contributed by atoms with Crippen molar-refractivity contribution in [3.63, 3.8) is 0 Å². The second kappa shape index (κ2) is 5.88. The zero-order chi connectivity index (χ0) is 16.6. The molecule has 0 aromatic heterocycles. The van der Waals surface area contributed by atoms with Gasteiger partial charge in [0, 0.05) is 12.6 Å². The summed E-state index contributed by atoms with van der Waals surface area (Å²) in [6.45, 7) is 4.30. The Balaban J connectivity index is 1.96. The average Bonchev–Trinajstić information content (AvgIpc) is 2.57. The molecule has 0 spiro atoms. The van der Waals surface area contributed by atoms with E-state index in [-0.39, 0.29) is 18.4 Å². The van der Waals surface area contributed by atoms with Gasteiger partial charge in [-0.15, -0.1) is 0 Å². The minimum Gasteiger partial charge on any atom is -0.312 e. The minimum atomic E-state index is -0.144. The highest BCUT2D eigenvalue weighted by atomic mass is 16.2. The average molecular weight is 308 g/mol. The third kappa shape index (κ3) is 2.72.